The van der Waals surface area contributed by atoms with Gasteiger partial charge in [-0.3, -0.25) is 24.6 Å². The predicted molar refractivity (Wildman–Crippen MR) is 132 cm³/mol. The number of halogens is 1. The third-order valence-corrected chi connectivity index (χ3v) is 7.99. The standard InChI is InChI=1S/C27H28ClN3O5/c28-20-4-1-2-6-23(20)36-18-14-30(15-18)21-5-3-7-24(21)35-17-8-9-19-16(12-17)13-31(27(19)34)22-10-11-25(32)29-26(22)33/h1-2,4,6,8-9,12,18,21-22,24H,3,5,7,10-11,13-15H2,(H,29,32,33)/t21-,22?,24+/m1/s1. The number of piperidine rings is 1. The Bertz CT molecular complexity index is 1210. The van der Waals surface area contributed by atoms with Crippen LogP contribution < -0.4 is 14.8 Å². The molecule has 3 atom stereocenters. The molecule has 0 radical (unpaired) electrons. The lowest BCUT2D eigenvalue weighted by Gasteiger charge is -2.44. The Kier molecular flexibility index (Phi) is 6.09. The number of hydrogen-bond acceptors (Lipinski definition) is 6. The molecule has 2 saturated heterocycles. The molecule has 36 heavy (non-hydrogen) atoms. The van der Waals surface area contributed by atoms with E-state index >= 15 is 0 Å². The average Bonchev–Trinajstić information content (AvgIpc) is 3.41. The zero-order valence-electron chi connectivity index (χ0n) is 19.8. The van der Waals surface area contributed by atoms with Crippen molar-refractivity contribution in [2.24, 2.45) is 0 Å². The first kappa shape index (κ1) is 23.3. The number of rotatable bonds is 6. The van der Waals surface area contributed by atoms with Crippen molar-refractivity contribution in [3.63, 3.8) is 0 Å². The number of carbonyl (C=O) groups is 3. The molecule has 1 unspecified atom stereocenters. The molecular formula is C27H28ClN3O5. The Morgan fingerprint density at radius 2 is 1.81 bits per heavy atom. The van der Waals surface area contributed by atoms with E-state index in [1.165, 1.54) is 0 Å². The van der Waals surface area contributed by atoms with E-state index in [0.29, 0.717) is 29.6 Å². The number of amides is 3. The first-order valence-corrected chi connectivity index (χ1v) is 12.9. The van der Waals surface area contributed by atoms with Crippen LogP contribution in [0.15, 0.2) is 42.5 Å². The van der Waals surface area contributed by atoms with Crippen molar-refractivity contribution in [3.05, 3.63) is 58.6 Å². The van der Waals surface area contributed by atoms with E-state index in [1.807, 2.05) is 36.4 Å². The second-order valence-electron chi connectivity index (χ2n) is 10.00. The van der Waals surface area contributed by atoms with Crippen LogP contribution in [0.2, 0.25) is 5.02 Å². The first-order chi connectivity index (χ1) is 17.5. The van der Waals surface area contributed by atoms with Gasteiger partial charge in [-0.05, 0) is 61.6 Å². The Morgan fingerprint density at radius 1 is 0.972 bits per heavy atom. The summed E-state index contributed by atoms with van der Waals surface area (Å²) in [6, 6.07) is 12.8. The molecular weight excluding hydrogens is 482 g/mol. The molecule has 1 aliphatic carbocycles. The molecule has 2 aromatic rings. The highest BCUT2D eigenvalue weighted by Gasteiger charge is 2.42. The Balaban J connectivity index is 1.07. The van der Waals surface area contributed by atoms with E-state index in [2.05, 4.69) is 10.2 Å². The minimum atomic E-state index is -0.612. The SMILES string of the molecule is O=C1CCC(N2Cc3cc(O[C@H]4CCC[C@H]4N4CC(Oc5ccccc5Cl)C4)ccc3C2=O)C(=O)N1. The van der Waals surface area contributed by atoms with E-state index in [0.717, 1.165) is 49.4 Å². The summed E-state index contributed by atoms with van der Waals surface area (Å²) < 4.78 is 12.5. The van der Waals surface area contributed by atoms with E-state index in [9.17, 15) is 14.4 Å². The van der Waals surface area contributed by atoms with Gasteiger partial charge in [0.15, 0.2) is 0 Å². The highest BCUT2D eigenvalue weighted by molar-refractivity contribution is 6.32. The van der Waals surface area contributed by atoms with Crippen molar-refractivity contribution in [3.8, 4) is 11.5 Å². The summed E-state index contributed by atoms with van der Waals surface area (Å²) in [7, 11) is 0. The number of fused-ring (bicyclic) bond motifs is 1. The fourth-order valence-electron chi connectivity index (χ4n) is 5.80. The lowest BCUT2D eigenvalue weighted by molar-refractivity contribution is -0.136. The molecule has 1 saturated carbocycles. The molecule has 6 rings (SSSR count). The maximum Gasteiger partial charge on any atom is 0.255 e. The summed E-state index contributed by atoms with van der Waals surface area (Å²) in [5.41, 5.74) is 1.45. The minimum absolute atomic E-state index is 0.0765. The smallest absolute Gasteiger partial charge is 0.255 e. The third-order valence-electron chi connectivity index (χ3n) is 7.68. The summed E-state index contributed by atoms with van der Waals surface area (Å²) in [4.78, 5) is 40.7. The van der Waals surface area contributed by atoms with Crippen molar-refractivity contribution in [1.82, 2.24) is 15.1 Å². The highest BCUT2D eigenvalue weighted by Crippen LogP contribution is 2.35. The Labute approximate surface area is 214 Å². The van der Waals surface area contributed by atoms with Gasteiger partial charge in [-0.1, -0.05) is 23.7 Å². The van der Waals surface area contributed by atoms with E-state index in [-0.39, 0.29) is 30.4 Å². The summed E-state index contributed by atoms with van der Waals surface area (Å²) in [5, 5.41) is 2.97. The largest absolute Gasteiger partial charge is 0.489 e. The van der Waals surface area contributed by atoms with Gasteiger partial charge in [0.05, 0.1) is 5.02 Å². The molecule has 2 aromatic carbocycles. The summed E-state index contributed by atoms with van der Waals surface area (Å²) in [6.07, 6.45) is 3.96. The number of nitrogens with zero attached hydrogens (tertiary/aromatic N) is 2. The lowest BCUT2D eigenvalue weighted by Crippen LogP contribution is -2.60. The van der Waals surface area contributed by atoms with Crippen LogP contribution in [0.5, 0.6) is 11.5 Å². The molecule has 3 fully saturated rings. The molecule has 0 spiro atoms. The minimum Gasteiger partial charge on any atom is -0.489 e. The number of carbonyl (C=O) groups excluding carboxylic acids is 3. The van der Waals surface area contributed by atoms with Crippen LogP contribution in [0.1, 0.15) is 48.0 Å². The maximum atomic E-state index is 12.9. The fraction of sp³-hybridized carbons (Fsp3) is 0.444. The summed E-state index contributed by atoms with van der Waals surface area (Å²) in [6.45, 7) is 2.03. The zero-order chi connectivity index (χ0) is 24.8. The third kappa shape index (κ3) is 4.33. The number of likely N-dealkylation sites (tertiary alicyclic amines) is 1. The molecule has 3 aliphatic heterocycles. The van der Waals surface area contributed by atoms with Crippen LogP contribution in [-0.4, -0.2) is 64.9 Å². The van der Waals surface area contributed by atoms with E-state index in [1.54, 1.807) is 11.0 Å². The molecule has 8 nitrogen and oxygen atoms in total. The van der Waals surface area contributed by atoms with Crippen molar-refractivity contribution in [2.75, 3.05) is 13.1 Å². The van der Waals surface area contributed by atoms with E-state index < -0.39 is 11.9 Å². The summed E-state index contributed by atoms with van der Waals surface area (Å²) >= 11 is 6.23. The van der Waals surface area contributed by atoms with Gasteiger partial charge in [0.1, 0.15) is 29.7 Å². The zero-order valence-corrected chi connectivity index (χ0v) is 20.6. The van der Waals surface area contributed by atoms with Crippen LogP contribution in [0.3, 0.4) is 0 Å². The highest BCUT2D eigenvalue weighted by atomic mass is 35.5. The lowest BCUT2D eigenvalue weighted by atomic mass is 10.0. The average molecular weight is 510 g/mol. The second kappa shape index (κ2) is 9.41. The molecule has 9 heteroatoms. The van der Waals surface area contributed by atoms with Crippen LogP contribution >= 0.6 is 11.6 Å². The van der Waals surface area contributed by atoms with Gasteiger partial charge in [0, 0.05) is 37.7 Å². The Morgan fingerprint density at radius 3 is 2.61 bits per heavy atom. The fourth-order valence-corrected chi connectivity index (χ4v) is 5.98. The first-order valence-electron chi connectivity index (χ1n) is 12.6. The molecule has 1 N–H and O–H groups in total. The molecule has 0 aromatic heterocycles. The van der Waals surface area contributed by atoms with Crippen molar-refractivity contribution in [1.29, 1.82) is 0 Å². The number of benzene rings is 2. The van der Waals surface area contributed by atoms with Gasteiger partial charge in [-0.25, -0.2) is 0 Å². The Hall–Kier alpha value is -3.10. The molecule has 4 aliphatic rings. The molecule has 3 heterocycles. The topological polar surface area (TPSA) is 88.2 Å². The van der Waals surface area contributed by atoms with Crippen LogP contribution in [-0.2, 0) is 16.1 Å². The summed E-state index contributed by atoms with van der Waals surface area (Å²) in [5.74, 6) is 0.611. The monoisotopic (exact) mass is 509 g/mol. The van der Waals surface area contributed by atoms with Gasteiger partial charge < -0.3 is 14.4 Å². The van der Waals surface area contributed by atoms with Crippen molar-refractivity contribution < 1.29 is 23.9 Å². The second-order valence-corrected chi connectivity index (χ2v) is 10.4. The molecule has 188 valence electrons. The van der Waals surface area contributed by atoms with Gasteiger partial charge >= 0.3 is 0 Å². The van der Waals surface area contributed by atoms with Crippen molar-refractivity contribution >= 4 is 29.3 Å². The van der Waals surface area contributed by atoms with Gasteiger partial charge in [-0.2, -0.15) is 0 Å². The number of nitrogens with one attached hydrogen (secondary N) is 1. The number of hydrogen-bond donors (Lipinski definition) is 1. The predicted octanol–water partition coefficient (Wildman–Crippen LogP) is 3.16. The van der Waals surface area contributed by atoms with Crippen LogP contribution in [0.25, 0.3) is 0 Å². The van der Waals surface area contributed by atoms with E-state index in [4.69, 9.17) is 21.1 Å². The van der Waals surface area contributed by atoms with Crippen LogP contribution in [0, 0.1) is 0 Å². The van der Waals surface area contributed by atoms with Crippen molar-refractivity contribution in [2.45, 2.75) is 62.9 Å². The number of imide groups is 1. The van der Waals surface area contributed by atoms with Gasteiger partial charge in [0.25, 0.3) is 5.91 Å². The van der Waals surface area contributed by atoms with Gasteiger partial charge in [-0.15, -0.1) is 0 Å². The number of para-hydroxylation sites is 1. The quantitative estimate of drug-likeness (QED) is 0.602. The number of ether oxygens (including phenoxy) is 2. The maximum absolute atomic E-state index is 12.9. The molecule has 0 bridgehead atoms. The van der Waals surface area contributed by atoms with Crippen LogP contribution in [0.4, 0.5) is 0 Å². The van der Waals surface area contributed by atoms with Gasteiger partial charge in [0.2, 0.25) is 11.8 Å². The normalized spacial score (nSPS) is 26.5. The molecule has 3 amide bonds.